The summed E-state index contributed by atoms with van der Waals surface area (Å²) in [6, 6.07) is 0. The third-order valence-electron chi connectivity index (χ3n) is 3.34. The number of terminal acetylenes is 2. The van der Waals surface area contributed by atoms with Crippen LogP contribution in [0.3, 0.4) is 0 Å². The smallest absolute Gasteiger partial charge is 0.119 e. The summed E-state index contributed by atoms with van der Waals surface area (Å²) in [4.78, 5) is 0. The Morgan fingerprint density at radius 2 is 1.16 bits per heavy atom. The van der Waals surface area contributed by atoms with E-state index in [4.69, 9.17) is 17.6 Å². The lowest BCUT2D eigenvalue weighted by molar-refractivity contribution is 0.0405. The average Bonchev–Trinajstić information content (AvgIpc) is 2.44. The minimum Gasteiger partial charge on any atom is -0.350 e. The highest BCUT2D eigenvalue weighted by Crippen LogP contribution is 2.13. The Morgan fingerprint density at radius 1 is 0.737 bits per heavy atom. The van der Waals surface area contributed by atoms with Crippen LogP contribution in [0.4, 0.5) is 0 Å². The third kappa shape index (κ3) is 10.7. The fraction of sp³-hybridized carbons (Fsp3) is 0.778. The largest absolute Gasteiger partial charge is 0.350 e. The van der Waals surface area contributed by atoms with Crippen LogP contribution in [0.1, 0.15) is 78.1 Å². The number of rotatable bonds is 12. The molecule has 2 atom stereocenters. The molecule has 0 amide bonds. The van der Waals surface area contributed by atoms with Gasteiger partial charge in [0.2, 0.25) is 0 Å². The van der Waals surface area contributed by atoms with E-state index >= 15 is 0 Å². The molecule has 0 radical (unpaired) electrons. The second-order valence-corrected chi connectivity index (χ2v) is 5.15. The summed E-state index contributed by atoms with van der Waals surface area (Å²) < 4.78 is 5.84. The molecule has 0 rings (SSSR count). The molecule has 1 nitrogen and oxygen atoms in total. The van der Waals surface area contributed by atoms with Crippen molar-refractivity contribution in [3.05, 3.63) is 0 Å². The van der Waals surface area contributed by atoms with Crippen molar-refractivity contribution in [3.8, 4) is 24.7 Å². The van der Waals surface area contributed by atoms with E-state index in [0.29, 0.717) is 0 Å². The molecule has 0 saturated carbocycles. The van der Waals surface area contributed by atoms with Crippen molar-refractivity contribution in [1.29, 1.82) is 0 Å². The molecule has 0 aliphatic carbocycles. The first-order valence-corrected chi connectivity index (χ1v) is 7.86. The highest BCUT2D eigenvalue weighted by atomic mass is 16.5. The summed E-state index contributed by atoms with van der Waals surface area (Å²) in [5.41, 5.74) is 0. The first kappa shape index (κ1) is 18.1. The third-order valence-corrected chi connectivity index (χ3v) is 3.34. The Hall–Kier alpha value is -0.920. The summed E-state index contributed by atoms with van der Waals surface area (Å²) in [5, 5.41) is 0. The highest BCUT2D eigenvalue weighted by Gasteiger charge is 2.12. The standard InChI is InChI=1S/C18H30O/c1-5-9-11-13-15-17(7-3)19-18(8-4)16-14-12-10-6-2/h3-4,17-18H,5-6,9-16H2,1-2H3. The van der Waals surface area contributed by atoms with E-state index in [9.17, 15) is 0 Å². The van der Waals surface area contributed by atoms with Crippen molar-refractivity contribution < 1.29 is 4.74 Å². The lowest BCUT2D eigenvalue weighted by Gasteiger charge is -2.17. The van der Waals surface area contributed by atoms with E-state index in [0.717, 1.165) is 25.7 Å². The molecule has 0 aliphatic heterocycles. The minimum absolute atomic E-state index is 0.107. The molecule has 0 fully saturated rings. The second-order valence-electron chi connectivity index (χ2n) is 5.15. The average molecular weight is 262 g/mol. The van der Waals surface area contributed by atoms with Gasteiger partial charge in [0.1, 0.15) is 12.2 Å². The quantitative estimate of drug-likeness (QED) is 0.357. The maximum atomic E-state index is 5.84. The Balaban J connectivity index is 3.84. The zero-order chi connectivity index (χ0) is 14.3. The van der Waals surface area contributed by atoms with Gasteiger partial charge in [0.15, 0.2) is 0 Å². The summed E-state index contributed by atoms with van der Waals surface area (Å²) in [6.45, 7) is 4.42. The van der Waals surface area contributed by atoms with Gasteiger partial charge in [-0.1, -0.05) is 64.2 Å². The van der Waals surface area contributed by atoms with Crippen LogP contribution in [-0.4, -0.2) is 12.2 Å². The SMILES string of the molecule is C#CC(CCCCCC)OC(C#C)CCCCCC. The molecule has 108 valence electrons. The van der Waals surface area contributed by atoms with Crippen molar-refractivity contribution >= 4 is 0 Å². The molecule has 0 N–H and O–H groups in total. The van der Waals surface area contributed by atoms with Crippen LogP contribution in [0, 0.1) is 24.7 Å². The van der Waals surface area contributed by atoms with Crippen LogP contribution in [0.15, 0.2) is 0 Å². The van der Waals surface area contributed by atoms with Gasteiger partial charge in [0.05, 0.1) is 0 Å². The van der Waals surface area contributed by atoms with Crippen LogP contribution in [0.5, 0.6) is 0 Å². The highest BCUT2D eigenvalue weighted by molar-refractivity contribution is 5.00. The van der Waals surface area contributed by atoms with Gasteiger partial charge in [0.25, 0.3) is 0 Å². The Kier molecular flexibility index (Phi) is 12.9. The summed E-state index contributed by atoms with van der Waals surface area (Å²) >= 11 is 0. The number of hydrogen-bond acceptors (Lipinski definition) is 1. The van der Waals surface area contributed by atoms with Gasteiger partial charge in [-0.15, -0.1) is 12.8 Å². The lowest BCUT2D eigenvalue weighted by atomic mass is 10.1. The normalized spacial score (nSPS) is 13.5. The summed E-state index contributed by atoms with van der Waals surface area (Å²) in [6.07, 6.45) is 22.5. The monoisotopic (exact) mass is 262 g/mol. The predicted octanol–water partition coefficient (Wildman–Crippen LogP) is 4.95. The van der Waals surface area contributed by atoms with Gasteiger partial charge in [-0.2, -0.15) is 0 Å². The van der Waals surface area contributed by atoms with Crippen LogP contribution >= 0.6 is 0 Å². The first-order valence-electron chi connectivity index (χ1n) is 7.86. The van der Waals surface area contributed by atoms with Crippen LogP contribution in [0.2, 0.25) is 0 Å². The molecule has 0 heterocycles. The van der Waals surface area contributed by atoms with Crippen molar-refractivity contribution in [2.75, 3.05) is 0 Å². The number of unbranched alkanes of at least 4 members (excludes halogenated alkanes) is 6. The van der Waals surface area contributed by atoms with Crippen LogP contribution in [-0.2, 0) is 4.74 Å². The van der Waals surface area contributed by atoms with Crippen molar-refractivity contribution in [2.45, 2.75) is 90.3 Å². The Bertz CT molecular complexity index is 240. The molecule has 1 heteroatoms. The Morgan fingerprint density at radius 3 is 1.47 bits per heavy atom. The molecule has 0 bridgehead atoms. The van der Waals surface area contributed by atoms with Crippen molar-refractivity contribution in [1.82, 2.24) is 0 Å². The zero-order valence-corrected chi connectivity index (χ0v) is 12.8. The number of ether oxygens (including phenoxy) is 1. The van der Waals surface area contributed by atoms with Gasteiger partial charge in [-0.25, -0.2) is 0 Å². The summed E-state index contributed by atoms with van der Waals surface area (Å²) in [7, 11) is 0. The molecule has 0 aromatic rings. The van der Waals surface area contributed by atoms with E-state index in [1.165, 1.54) is 38.5 Å². The fourth-order valence-electron chi connectivity index (χ4n) is 2.09. The molecule has 0 saturated heterocycles. The van der Waals surface area contributed by atoms with Crippen molar-refractivity contribution in [2.24, 2.45) is 0 Å². The van der Waals surface area contributed by atoms with E-state index in [-0.39, 0.29) is 12.2 Å². The molecule has 0 spiro atoms. The van der Waals surface area contributed by atoms with E-state index in [2.05, 4.69) is 25.7 Å². The molecular formula is C18H30O. The van der Waals surface area contributed by atoms with Gasteiger partial charge < -0.3 is 4.74 Å². The van der Waals surface area contributed by atoms with Crippen LogP contribution < -0.4 is 0 Å². The predicted molar refractivity (Wildman–Crippen MR) is 83.8 cm³/mol. The first-order chi connectivity index (χ1) is 9.28. The van der Waals surface area contributed by atoms with Gasteiger partial charge in [0, 0.05) is 0 Å². The molecule has 0 aliphatic rings. The summed E-state index contributed by atoms with van der Waals surface area (Å²) in [5.74, 6) is 5.46. The molecule has 19 heavy (non-hydrogen) atoms. The maximum Gasteiger partial charge on any atom is 0.119 e. The van der Waals surface area contributed by atoms with E-state index < -0.39 is 0 Å². The number of hydrogen-bond donors (Lipinski definition) is 0. The Labute approximate surface area is 120 Å². The van der Waals surface area contributed by atoms with Crippen LogP contribution in [0.25, 0.3) is 0 Å². The van der Waals surface area contributed by atoms with E-state index in [1.54, 1.807) is 0 Å². The van der Waals surface area contributed by atoms with Gasteiger partial charge >= 0.3 is 0 Å². The van der Waals surface area contributed by atoms with E-state index in [1.807, 2.05) is 0 Å². The molecule has 0 aromatic heterocycles. The lowest BCUT2D eigenvalue weighted by Crippen LogP contribution is -2.19. The minimum atomic E-state index is -0.107. The zero-order valence-electron chi connectivity index (χ0n) is 12.8. The molecular weight excluding hydrogens is 232 g/mol. The van der Waals surface area contributed by atoms with Gasteiger partial charge in [-0.05, 0) is 25.7 Å². The molecule has 2 unspecified atom stereocenters. The maximum absolute atomic E-state index is 5.84. The second kappa shape index (κ2) is 13.5. The van der Waals surface area contributed by atoms with Gasteiger partial charge in [-0.3, -0.25) is 0 Å². The molecule has 0 aromatic carbocycles. The topological polar surface area (TPSA) is 9.23 Å². The van der Waals surface area contributed by atoms with Crippen molar-refractivity contribution in [3.63, 3.8) is 0 Å². The fourth-order valence-corrected chi connectivity index (χ4v) is 2.09.